The van der Waals surface area contributed by atoms with Gasteiger partial charge in [-0.05, 0) is 25.7 Å². The number of nitrogens with zero attached hydrogens (tertiary/aromatic N) is 1. The standard InChI is InChI=1S/C12H16F3NOS/c1-11(17,8-5-3-2-4-6-8)9-7-16-10(18-9)12(13,14)15/h7-8,17H,2-6H2,1H3. The molecule has 1 atom stereocenters. The molecule has 1 heterocycles. The van der Waals surface area contributed by atoms with Crippen LogP contribution in [0.25, 0.3) is 0 Å². The van der Waals surface area contributed by atoms with Gasteiger partial charge in [0, 0.05) is 6.20 Å². The number of halogens is 3. The van der Waals surface area contributed by atoms with Crippen LogP contribution in [0.5, 0.6) is 0 Å². The highest BCUT2D eigenvalue weighted by Gasteiger charge is 2.40. The fourth-order valence-corrected chi connectivity index (χ4v) is 3.41. The minimum absolute atomic E-state index is 0.0350. The van der Waals surface area contributed by atoms with Gasteiger partial charge in [-0.15, -0.1) is 11.3 Å². The molecule has 0 amide bonds. The highest BCUT2D eigenvalue weighted by Crippen LogP contribution is 2.43. The number of rotatable bonds is 2. The highest BCUT2D eigenvalue weighted by atomic mass is 32.1. The first-order valence-corrected chi connectivity index (χ1v) is 6.89. The van der Waals surface area contributed by atoms with Crippen molar-refractivity contribution < 1.29 is 18.3 Å². The van der Waals surface area contributed by atoms with Crippen LogP contribution >= 0.6 is 11.3 Å². The minimum atomic E-state index is -4.43. The van der Waals surface area contributed by atoms with Crippen LogP contribution in [0.4, 0.5) is 13.2 Å². The van der Waals surface area contributed by atoms with Crippen molar-refractivity contribution in [2.75, 3.05) is 0 Å². The SMILES string of the molecule is CC(O)(c1cnc(C(F)(F)F)s1)C1CCCCC1. The van der Waals surface area contributed by atoms with E-state index in [2.05, 4.69) is 4.98 Å². The van der Waals surface area contributed by atoms with Gasteiger partial charge in [0.05, 0.1) is 4.88 Å². The summed E-state index contributed by atoms with van der Waals surface area (Å²) in [6, 6.07) is 0. The van der Waals surface area contributed by atoms with Gasteiger partial charge >= 0.3 is 6.18 Å². The predicted octanol–water partition coefficient (Wildman–Crippen LogP) is 3.95. The molecule has 2 nitrogen and oxygen atoms in total. The Morgan fingerprint density at radius 1 is 1.28 bits per heavy atom. The Hall–Kier alpha value is -0.620. The zero-order chi connectivity index (χ0) is 13.4. The Morgan fingerprint density at radius 2 is 1.89 bits per heavy atom. The molecule has 102 valence electrons. The van der Waals surface area contributed by atoms with E-state index in [4.69, 9.17) is 0 Å². The summed E-state index contributed by atoms with van der Waals surface area (Å²) in [6.45, 7) is 1.61. The lowest BCUT2D eigenvalue weighted by molar-refractivity contribution is -0.137. The Kier molecular flexibility index (Phi) is 3.69. The first-order valence-electron chi connectivity index (χ1n) is 6.07. The smallest absolute Gasteiger partial charge is 0.384 e. The van der Waals surface area contributed by atoms with Crippen molar-refractivity contribution in [2.24, 2.45) is 5.92 Å². The molecule has 1 aliphatic carbocycles. The van der Waals surface area contributed by atoms with Gasteiger partial charge in [0.1, 0.15) is 5.60 Å². The number of alkyl halides is 3. The third-order valence-corrected chi connectivity index (χ3v) is 4.92. The maximum atomic E-state index is 12.5. The van der Waals surface area contributed by atoms with Crippen molar-refractivity contribution in [3.63, 3.8) is 0 Å². The van der Waals surface area contributed by atoms with Crippen molar-refractivity contribution in [3.8, 4) is 0 Å². The van der Waals surface area contributed by atoms with Gasteiger partial charge in [0.2, 0.25) is 0 Å². The van der Waals surface area contributed by atoms with Crippen LogP contribution in [0.1, 0.15) is 48.9 Å². The van der Waals surface area contributed by atoms with E-state index in [1.54, 1.807) is 6.92 Å². The van der Waals surface area contributed by atoms with Crippen LogP contribution in [0.2, 0.25) is 0 Å². The van der Waals surface area contributed by atoms with Gasteiger partial charge in [-0.25, -0.2) is 4.98 Å². The van der Waals surface area contributed by atoms with Crippen LogP contribution in [-0.4, -0.2) is 10.1 Å². The molecule has 2 rings (SSSR count). The summed E-state index contributed by atoms with van der Waals surface area (Å²) in [5, 5.41) is 9.61. The van der Waals surface area contributed by atoms with Crippen LogP contribution in [0.15, 0.2) is 6.20 Å². The third-order valence-electron chi connectivity index (χ3n) is 3.65. The van der Waals surface area contributed by atoms with Crippen molar-refractivity contribution in [1.29, 1.82) is 0 Å². The van der Waals surface area contributed by atoms with E-state index in [9.17, 15) is 18.3 Å². The summed E-state index contributed by atoms with van der Waals surface area (Å²) in [4.78, 5) is 3.70. The fraction of sp³-hybridized carbons (Fsp3) is 0.750. The van der Waals surface area contributed by atoms with Crippen LogP contribution in [0, 0.1) is 5.92 Å². The van der Waals surface area contributed by atoms with Gasteiger partial charge in [-0.2, -0.15) is 13.2 Å². The number of hydrogen-bond donors (Lipinski definition) is 1. The molecule has 1 unspecified atom stereocenters. The first kappa shape index (κ1) is 13.8. The average Bonchev–Trinajstić information content (AvgIpc) is 2.79. The van der Waals surface area contributed by atoms with Crippen molar-refractivity contribution in [2.45, 2.75) is 50.8 Å². The largest absolute Gasteiger partial charge is 0.443 e. The maximum Gasteiger partial charge on any atom is 0.443 e. The number of aromatic nitrogens is 1. The maximum absolute atomic E-state index is 12.5. The van der Waals surface area contributed by atoms with Crippen LogP contribution in [-0.2, 0) is 11.8 Å². The summed E-state index contributed by atoms with van der Waals surface area (Å²) in [7, 11) is 0. The lowest BCUT2D eigenvalue weighted by atomic mass is 9.77. The van der Waals surface area contributed by atoms with E-state index in [1.165, 1.54) is 6.20 Å². The molecule has 0 aliphatic heterocycles. The lowest BCUT2D eigenvalue weighted by Crippen LogP contribution is -2.32. The number of hydrogen-bond acceptors (Lipinski definition) is 3. The molecule has 0 bridgehead atoms. The second-order valence-corrected chi connectivity index (χ2v) is 6.04. The molecule has 1 N–H and O–H groups in total. The Labute approximate surface area is 108 Å². The monoisotopic (exact) mass is 279 g/mol. The summed E-state index contributed by atoms with van der Waals surface area (Å²) >= 11 is 0.554. The first-order chi connectivity index (χ1) is 8.32. The molecule has 18 heavy (non-hydrogen) atoms. The predicted molar refractivity (Wildman–Crippen MR) is 63.3 cm³/mol. The Bertz CT molecular complexity index is 408. The summed E-state index contributed by atoms with van der Waals surface area (Å²) in [6.07, 6.45) is 1.69. The quantitative estimate of drug-likeness (QED) is 0.889. The summed E-state index contributed by atoms with van der Waals surface area (Å²) in [5.74, 6) is 0.0350. The molecule has 1 aromatic rings. The lowest BCUT2D eigenvalue weighted by Gasteiger charge is -2.34. The summed E-state index contributed by atoms with van der Waals surface area (Å²) in [5.41, 5.74) is -1.19. The second-order valence-electron chi connectivity index (χ2n) is 5.01. The van der Waals surface area contributed by atoms with Gasteiger partial charge in [0.15, 0.2) is 5.01 Å². The second kappa shape index (κ2) is 4.81. The minimum Gasteiger partial charge on any atom is -0.384 e. The zero-order valence-electron chi connectivity index (χ0n) is 10.1. The van der Waals surface area contributed by atoms with Crippen molar-refractivity contribution in [1.82, 2.24) is 4.98 Å². The topological polar surface area (TPSA) is 33.1 Å². The van der Waals surface area contributed by atoms with E-state index in [-0.39, 0.29) is 5.92 Å². The summed E-state index contributed by atoms with van der Waals surface area (Å²) < 4.78 is 37.5. The molecule has 0 aromatic carbocycles. The molecule has 0 saturated heterocycles. The van der Waals surface area contributed by atoms with Crippen molar-refractivity contribution in [3.05, 3.63) is 16.1 Å². The van der Waals surface area contributed by atoms with Gasteiger partial charge in [0.25, 0.3) is 0 Å². The van der Waals surface area contributed by atoms with E-state index in [1.807, 2.05) is 0 Å². The van der Waals surface area contributed by atoms with E-state index < -0.39 is 16.8 Å². The van der Waals surface area contributed by atoms with E-state index in [0.717, 1.165) is 32.1 Å². The third kappa shape index (κ3) is 2.69. The van der Waals surface area contributed by atoms with Crippen LogP contribution < -0.4 is 0 Å². The fourth-order valence-electron chi connectivity index (χ4n) is 2.51. The molecule has 0 radical (unpaired) electrons. The molecule has 0 spiro atoms. The van der Waals surface area contributed by atoms with E-state index >= 15 is 0 Å². The zero-order valence-corrected chi connectivity index (χ0v) is 10.9. The van der Waals surface area contributed by atoms with Gasteiger partial charge in [-0.1, -0.05) is 19.3 Å². The normalized spacial score (nSPS) is 21.8. The molecular weight excluding hydrogens is 263 g/mol. The number of aliphatic hydroxyl groups is 1. The molecule has 1 aromatic heterocycles. The van der Waals surface area contributed by atoms with E-state index in [0.29, 0.717) is 16.2 Å². The molecular formula is C12H16F3NOS. The van der Waals surface area contributed by atoms with Crippen LogP contribution in [0.3, 0.4) is 0 Å². The molecule has 1 saturated carbocycles. The Morgan fingerprint density at radius 3 is 2.39 bits per heavy atom. The molecule has 6 heteroatoms. The molecule has 1 aliphatic rings. The van der Waals surface area contributed by atoms with Gasteiger partial charge < -0.3 is 5.11 Å². The Balaban J connectivity index is 2.21. The average molecular weight is 279 g/mol. The number of thiazole rings is 1. The van der Waals surface area contributed by atoms with Crippen molar-refractivity contribution >= 4 is 11.3 Å². The molecule has 1 fully saturated rings. The highest BCUT2D eigenvalue weighted by molar-refractivity contribution is 7.11. The van der Waals surface area contributed by atoms with Gasteiger partial charge in [-0.3, -0.25) is 0 Å².